The van der Waals surface area contributed by atoms with Gasteiger partial charge in [0.2, 0.25) is 0 Å². The lowest BCUT2D eigenvalue weighted by Crippen LogP contribution is -2.13. The Morgan fingerprint density at radius 3 is 2.58 bits per heavy atom. The van der Waals surface area contributed by atoms with Crippen molar-refractivity contribution in [1.29, 1.82) is 0 Å². The van der Waals surface area contributed by atoms with Crippen LogP contribution >= 0.6 is 33.9 Å². The molecule has 0 radical (unpaired) electrons. The lowest BCUT2D eigenvalue weighted by atomic mass is 10.2. The number of nitrogens with zero attached hydrogens (tertiary/aromatic N) is 1. The summed E-state index contributed by atoms with van der Waals surface area (Å²) in [5.74, 6) is 0.882. The van der Waals surface area contributed by atoms with Crippen molar-refractivity contribution in [3.63, 3.8) is 0 Å². The molecular formula is C17H15IN2O3S. The normalized spacial score (nSPS) is 10.7. The number of hydrogen-bond donors (Lipinski definition) is 1. The van der Waals surface area contributed by atoms with E-state index in [1.165, 1.54) is 16.9 Å². The van der Waals surface area contributed by atoms with Gasteiger partial charge < -0.3 is 9.47 Å². The van der Waals surface area contributed by atoms with Crippen molar-refractivity contribution in [1.82, 2.24) is 4.98 Å². The number of rotatable bonds is 4. The summed E-state index contributed by atoms with van der Waals surface area (Å²) in [6.45, 7) is 2.03. The Kier molecular flexibility index (Phi) is 4.91. The summed E-state index contributed by atoms with van der Waals surface area (Å²) in [6, 6.07) is 9.47. The molecule has 1 aromatic heterocycles. The molecule has 1 N–H and O–H groups in total. The molecule has 124 valence electrons. The number of benzene rings is 2. The highest BCUT2D eigenvalue weighted by molar-refractivity contribution is 14.1. The number of amides is 1. The van der Waals surface area contributed by atoms with Crippen molar-refractivity contribution in [3.8, 4) is 11.5 Å². The van der Waals surface area contributed by atoms with E-state index in [2.05, 4.69) is 39.0 Å². The minimum absolute atomic E-state index is 0.226. The number of fused-ring (bicyclic) bond motifs is 1. The van der Waals surface area contributed by atoms with E-state index in [4.69, 9.17) is 9.47 Å². The van der Waals surface area contributed by atoms with Gasteiger partial charge in [0.1, 0.15) is 0 Å². The first-order chi connectivity index (χ1) is 11.5. The zero-order valence-corrected chi connectivity index (χ0v) is 16.3. The molecule has 1 heterocycles. The molecule has 0 bridgehead atoms. The van der Waals surface area contributed by atoms with E-state index in [1.54, 1.807) is 26.4 Å². The van der Waals surface area contributed by atoms with Gasteiger partial charge in [0.15, 0.2) is 16.6 Å². The van der Waals surface area contributed by atoms with Crippen LogP contribution < -0.4 is 14.8 Å². The van der Waals surface area contributed by atoms with Crippen molar-refractivity contribution >= 4 is 55.2 Å². The van der Waals surface area contributed by atoms with Gasteiger partial charge >= 0.3 is 0 Å². The van der Waals surface area contributed by atoms with E-state index >= 15 is 0 Å². The van der Waals surface area contributed by atoms with Crippen LogP contribution in [-0.2, 0) is 0 Å². The Morgan fingerprint density at radius 2 is 1.88 bits per heavy atom. The maximum Gasteiger partial charge on any atom is 0.258 e. The maximum absolute atomic E-state index is 12.6. The van der Waals surface area contributed by atoms with Crippen LogP contribution in [0.25, 0.3) is 10.2 Å². The van der Waals surface area contributed by atoms with E-state index < -0.39 is 0 Å². The SMILES string of the molecule is COc1cc(I)c(C(=O)Nc2nc3ccc(C)cc3s2)cc1OC. The summed E-state index contributed by atoms with van der Waals surface area (Å²) < 4.78 is 12.3. The number of aryl methyl sites for hydroxylation is 1. The fourth-order valence-corrected chi connectivity index (χ4v) is 3.92. The molecule has 3 rings (SSSR count). The largest absolute Gasteiger partial charge is 0.493 e. The van der Waals surface area contributed by atoms with Crippen LogP contribution in [0.15, 0.2) is 30.3 Å². The zero-order valence-electron chi connectivity index (χ0n) is 13.3. The summed E-state index contributed by atoms with van der Waals surface area (Å²) in [4.78, 5) is 17.1. The number of nitrogens with one attached hydrogen (secondary N) is 1. The molecule has 0 spiro atoms. The molecule has 2 aromatic carbocycles. The molecule has 0 fully saturated rings. The maximum atomic E-state index is 12.6. The van der Waals surface area contributed by atoms with E-state index in [-0.39, 0.29) is 5.91 Å². The van der Waals surface area contributed by atoms with Gasteiger partial charge in [-0.15, -0.1) is 0 Å². The lowest BCUT2D eigenvalue weighted by Gasteiger charge is -2.11. The molecule has 5 nitrogen and oxygen atoms in total. The number of hydrogen-bond acceptors (Lipinski definition) is 5. The van der Waals surface area contributed by atoms with E-state index in [9.17, 15) is 4.79 Å². The van der Waals surface area contributed by atoms with Crippen LogP contribution in [-0.4, -0.2) is 25.1 Å². The molecule has 0 atom stereocenters. The first-order valence-corrected chi connectivity index (χ1v) is 9.01. The van der Waals surface area contributed by atoms with Gasteiger partial charge in [-0.3, -0.25) is 10.1 Å². The lowest BCUT2D eigenvalue weighted by molar-refractivity contribution is 0.102. The van der Waals surface area contributed by atoms with Crippen LogP contribution in [0.3, 0.4) is 0 Å². The average Bonchev–Trinajstić information content (AvgIpc) is 2.95. The number of halogens is 1. The quantitative estimate of drug-likeness (QED) is 0.591. The number of carbonyl (C=O) groups excluding carboxylic acids is 1. The summed E-state index contributed by atoms with van der Waals surface area (Å²) in [7, 11) is 3.11. The number of thiazole rings is 1. The predicted molar refractivity (Wildman–Crippen MR) is 105 cm³/mol. The topological polar surface area (TPSA) is 60.5 Å². The number of aromatic nitrogens is 1. The minimum Gasteiger partial charge on any atom is -0.493 e. The fourth-order valence-electron chi connectivity index (χ4n) is 2.28. The van der Waals surface area contributed by atoms with Crippen molar-refractivity contribution in [2.75, 3.05) is 19.5 Å². The molecule has 3 aromatic rings. The van der Waals surface area contributed by atoms with Crippen molar-refractivity contribution in [3.05, 3.63) is 45.0 Å². The summed E-state index contributed by atoms with van der Waals surface area (Å²) in [5.41, 5.74) is 2.56. The highest BCUT2D eigenvalue weighted by atomic mass is 127. The molecule has 0 aliphatic carbocycles. The number of methoxy groups -OCH3 is 2. The van der Waals surface area contributed by atoms with Gasteiger partial charge in [0, 0.05) is 3.57 Å². The van der Waals surface area contributed by atoms with Crippen LogP contribution in [0.5, 0.6) is 11.5 Å². The van der Waals surface area contributed by atoms with E-state index in [0.29, 0.717) is 22.2 Å². The first kappa shape index (κ1) is 17.0. The molecule has 0 aliphatic rings. The molecule has 1 amide bonds. The Bertz CT molecular complexity index is 924. The average molecular weight is 454 g/mol. The third kappa shape index (κ3) is 3.32. The molecule has 0 saturated carbocycles. The third-order valence-electron chi connectivity index (χ3n) is 3.48. The molecule has 0 unspecified atom stereocenters. The monoisotopic (exact) mass is 454 g/mol. The molecule has 24 heavy (non-hydrogen) atoms. The van der Waals surface area contributed by atoms with E-state index in [1.807, 2.05) is 19.1 Å². The first-order valence-electron chi connectivity index (χ1n) is 7.12. The fraction of sp³-hybridized carbons (Fsp3) is 0.176. The number of ether oxygens (including phenoxy) is 2. The smallest absolute Gasteiger partial charge is 0.258 e. The van der Waals surface area contributed by atoms with Gasteiger partial charge in [0.05, 0.1) is 30.0 Å². The highest BCUT2D eigenvalue weighted by Crippen LogP contribution is 2.32. The second-order valence-electron chi connectivity index (χ2n) is 5.13. The van der Waals surface area contributed by atoms with Crippen molar-refractivity contribution in [2.24, 2.45) is 0 Å². The Balaban J connectivity index is 1.91. The predicted octanol–water partition coefficient (Wildman–Crippen LogP) is 4.48. The summed E-state index contributed by atoms with van der Waals surface area (Å²) in [6.07, 6.45) is 0. The Labute approximate surface area is 157 Å². The van der Waals surface area contributed by atoms with Gasteiger partial charge in [-0.1, -0.05) is 17.4 Å². The van der Waals surface area contributed by atoms with Crippen LogP contribution in [0, 0.1) is 10.5 Å². The van der Waals surface area contributed by atoms with Crippen molar-refractivity contribution < 1.29 is 14.3 Å². The van der Waals surface area contributed by atoms with Crippen LogP contribution in [0.4, 0.5) is 5.13 Å². The van der Waals surface area contributed by atoms with Crippen LogP contribution in [0.1, 0.15) is 15.9 Å². The molecule has 0 saturated heterocycles. The second kappa shape index (κ2) is 6.94. The standard InChI is InChI=1S/C17H15IN2O3S/c1-9-4-5-12-15(6-9)24-17(19-12)20-16(21)10-7-13(22-2)14(23-3)8-11(10)18/h4-8H,1-3H3,(H,19,20,21). The summed E-state index contributed by atoms with van der Waals surface area (Å²) in [5, 5.41) is 3.44. The summed E-state index contributed by atoms with van der Waals surface area (Å²) >= 11 is 3.56. The van der Waals surface area contributed by atoms with Gasteiger partial charge in [-0.25, -0.2) is 4.98 Å². The third-order valence-corrected chi connectivity index (χ3v) is 5.31. The van der Waals surface area contributed by atoms with E-state index in [0.717, 1.165) is 13.8 Å². The number of carbonyl (C=O) groups is 1. The zero-order chi connectivity index (χ0) is 17.3. The Morgan fingerprint density at radius 1 is 1.17 bits per heavy atom. The van der Waals surface area contributed by atoms with Crippen molar-refractivity contribution in [2.45, 2.75) is 6.92 Å². The molecular weight excluding hydrogens is 439 g/mol. The van der Waals surface area contributed by atoms with Gasteiger partial charge in [-0.2, -0.15) is 0 Å². The second-order valence-corrected chi connectivity index (χ2v) is 7.32. The molecule has 0 aliphatic heterocycles. The van der Waals surface area contributed by atoms with Crippen LogP contribution in [0.2, 0.25) is 0 Å². The highest BCUT2D eigenvalue weighted by Gasteiger charge is 2.17. The molecule has 7 heteroatoms. The van der Waals surface area contributed by atoms with Gasteiger partial charge in [0.25, 0.3) is 5.91 Å². The Hall–Kier alpha value is -1.87. The van der Waals surface area contributed by atoms with Gasteiger partial charge in [-0.05, 0) is 59.3 Å². The minimum atomic E-state index is -0.226. The number of anilines is 1.